The second kappa shape index (κ2) is 17.4. The summed E-state index contributed by atoms with van der Waals surface area (Å²) >= 11 is 0. The molecule has 3 N–H and O–H groups in total. The predicted molar refractivity (Wildman–Crippen MR) is 81.6 cm³/mol. The van der Waals surface area contributed by atoms with Gasteiger partial charge in [-0.05, 0) is 6.42 Å². The van der Waals surface area contributed by atoms with Crippen LogP contribution in [0.15, 0.2) is 0 Å². The lowest BCUT2D eigenvalue weighted by molar-refractivity contribution is -0.137. The fourth-order valence-electron chi connectivity index (χ4n) is 2.29. The zero-order valence-corrected chi connectivity index (χ0v) is 12.8. The Morgan fingerprint density at radius 3 is 1.32 bits per heavy atom. The highest BCUT2D eigenvalue weighted by molar-refractivity contribution is 5.66. The minimum atomic E-state index is -0.655. The lowest BCUT2D eigenvalue weighted by Gasteiger charge is -2.02. The lowest BCUT2D eigenvalue weighted by atomic mass is 10.0. The van der Waals surface area contributed by atoms with Gasteiger partial charge in [0.2, 0.25) is 0 Å². The molecule has 116 valence electrons. The molecule has 0 saturated heterocycles. The van der Waals surface area contributed by atoms with Crippen molar-refractivity contribution in [3.05, 3.63) is 0 Å². The maximum atomic E-state index is 10.3. The summed E-state index contributed by atoms with van der Waals surface area (Å²) in [6.45, 7) is 2.26. The molecule has 0 aliphatic rings. The van der Waals surface area contributed by atoms with E-state index in [0.717, 1.165) is 12.8 Å². The first kappa shape index (κ1) is 20.7. The van der Waals surface area contributed by atoms with Gasteiger partial charge in [0, 0.05) is 6.42 Å². The molecule has 0 unspecified atom stereocenters. The molecule has 0 radical (unpaired) electrons. The van der Waals surface area contributed by atoms with Crippen molar-refractivity contribution in [2.75, 3.05) is 0 Å². The second-order valence-electron chi connectivity index (χ2n) is 5.39. The molecule has 0 aliphatic carbocycles. The molecular formula is C16H34O3. The van der Waals surface area contributed by atoms with Gasteiger partial charge in [0.05, 0.1) is 0 Å². The van der Waals surface area contributed by atoms with Crippen molar-refractivity contribution >= 4 is 5.97 Å². The fraction of sp³-hybridized carbons (Fsp3) is 0.938. The molecule has 3 heteroatoms. The van der Waals surface area contributed by atoms with Gasteiger partial charge in [0.1, 0.15) is 0 Å². The summed E-state index contributed by atoms with van der Waals surface area (Å²) in [6, 6.07) is 0. The third kappa shape index (κ3) is 19.9. The van der Waals surface area contributed by atoms with E-state index >= 15 is 0 Å². The van der Waals surface area contributed by atoms with Gasteiger partial charge in [-0.3, -0.25) is 4.79 Å². The van der Waals surface area contributed by atoms with Crippen molar-refractivity contribution in [3.63, 3.8) is 0 Å². The number of carboxylic acids is 1. The minimum Gasteiger partial charge on any atom is -0.481 e. The summed E-state index contributed by atoms with van der Waals surface area (Å²) in [6.07, 6.45) is 17.3. The van der Waals surface area contributed by atoms with Gasteiger partial charge in [0.25, 0.3) is 0 Å². The van der Waals surface area contributed by atoms with Crippen LogP contribution in [0.1, 0.15) is 96.8 Å². The Hall–Kier alpha value is -0.570. The van der Waals surface area contributed by atoms with E-state index in [1.165, 1.54) is 70.6 Å². The molecule has 0 atom stereocenters. The van der Waals surface area contributed by atoms with Gasteiger partial charge in [-0.15, -0.1) is 0 Å². The molecule has 0 aliphatic heterocycles. The van der Waals surface area contributed by atoms with Gasteiger partial charge >= 0.3 is 5.97 Å². The molecule has 0 aromatic carbocycles. The van der Waals surface area contributed by atoms with Crippen molar-refractivity contribution in [2.24, 2.45) is 0 Å². The summed E-state index contributed by atoms with van der Waals surface area (Å²) in [5.41, 5.74) is 0. The molecule has 0 bridgehead atoms. The largest absolute Gasteiger partial charge is 0.481 e. The maximum Gasteiger partial charge on any atom is 0.303 e. The van der Waals surface area contributed by atoms with Crippen molar-refractivity contribution in [1.29, 1.82) is 0 Å². The smallest absolute Gasteiger partial charge is 0.303 e. The average Bonchev–Trinajstić information content (AvgIpc) is 2.34. The summed E-state index contributed by atoms with van der Waals surface area (Å²) < 4.78 is 0. The molecule has 3 nitrogen and oxygen atoms in total. The number of rotatable bonds is 14. The van der Waals surface area contributed by atoms with Crippen LogP contribution in [0.4, 0.5) is 0 Å². The van der Waals surface area contributed by atoms with E-state index in [1.807, 2.05) is 0 Å². The van der Waals surface area contributed by atoms with Crippen LogP contribution in [0.2, 0.25) is 0 Å². The van der Waals surface area contributed by atoms with Crippen LogP contribution >= 0.6 is 0 Å². The topological polar surface area (TPSA) is 68.8 Å². The Balaban J connectivity index is 0. The van der Waals surface area contributed by atoms with Gasteiger partial charge < -0.3 is 10.6 Å². The van der Waals surface area contributed by atoms with Crippen LogP contribution < -0.4 is 0 Å². The van der Waals surface area contributed by atoms with Crippen LogP contribution in [-0.4, -0.2) is 16.6 Å². The average molecular weight is 274 g/mol. The Morgan fingerprint density at radius 2 is 1.00 bits per heavy atom. The van der Waals surface area contributed by atoms with E-state index in [0.29, 0.717) is 6.42 Å². The van der Waals surface area contributed by atoms with E-state index in [4.69, 9.17) is 5.11 Å². The zero-order valence-electron chi connectivity index (χ0n) is 12.8. The first-order chi connectivity index (χ1) is 8.77. The minimum absolute atomic E-state index is 0. The Bertz CT molecular complexity index is 181. The third-order valence-electron chi connectivity index (χ3n) is 3.49. The number of unbranched alkanes of at least 4 members (excludes halogenated alkanes) is 12. The van der Waals surface area contributed by atoms with E-state index in [9.17, 15) is 4.79 Å². The maximum absolute atomic E-state index is 10.3. The standard InChI is InChI=1S/C16H32O2.H2O/c1-2-3-4-5-6-7-8-9-10-11-12-13-14-15-16(17)18;/h2-15H2,1H3,(H,17,18);1H2. The third-order valence-corrected chi connectivity index (χ3v) is 3.49. The van der Waals surface area contributed by atoms with Crippen molar-refractivity contribution in [3.8, 4) is 0 Å². The number of carboxylic acid groups (broad SMARTS) is 1. The van der Waals surface area contributed by atoms with E-state index in [2.05, 4.69) is 6.92 Å². The molecule has 0 aromatic heterocycles. The summed E-state index contributed by atoms with van der Waals surface area (Å²) in [5.74, 6) is -0.655. The number of aliphatic carboxylic acids is 1. The van der Waals surface area contributed by atoms with Gasteiger partial charge in [-0.1, -0.05) is 84.0 Å². The predicted octanol–water partition coefficient (Wildman–Crippen LogP) is 4.73. The van der Waals surface area contributed by atoms with Crippen LogP contribution in [0.25, 0.3) is 0 Å². The molecule has 0 spiro atoms. The Morgan fingerprint density at radius 1 is 0.684 bits per heavy atom. The van der Waals surface area contributed by atoms with E-state index < -0.39 is 5.97 Å². The quantitative estimate of drug-likeness (QED) is 0.465. The van der Waals surface area contributed by atoms with Crippen LogP contribution in [-0.2, 0) is 4.79 Å². The molecule has 0 aromatic rings. The summed E-state index contributed by atoms with van der Waals surface area (Å²) in [5, 5.41) is 8.49. The highest BCUT2D eigenvalue weighted by Gasteiger charge is 1.96. The lowest BCUT2D eigenvalue weighted by Crippen LogP contribution is -1.93. The van der Waals surface area contributed by atoms with Gasteiger partial charge in [0.15, 0.2) is 0 Å². The zero-order chi connectivity index (χ0) is 13.5. The first-order valence-electron chi connectivity index (χ1n) is 7.99. The number of hydrogen-bond donors (Lipinski definition) is 1. The molecule has 19 heavy (non-hydrogen) atoms. The van der Waals surface area contributed by atoms with Crippen molar-refractivity contribution < 1.29 is 15.4 Å². The molecule has 0 rings (SSSR count). The molecular weight excluding hydrogens is 240 g/mol. The fourth-order valence-corrected chi connectivity index (χ4v) is 2.29. The van der Waals surface area contributed by atoms with Crippen molar-refractivity contribution in [1.82, 2.24) is 0 Å². The molecule has 0 fully saturated rings. The molecule has 0 heterocycles. The van der Waals surface area contributed by atoms with Gasteiger partial charge in [-0.2, -0.15) is 0 Å². The molecule has 0 saturated carbocycles. The highest BCUT2D eigenvalue weighted by Crippen LogP contribution is 2.12. The van der Waals surface area contributed by atoms with Gasteiger partial charge in [-0.25, -0.2) is 0 Å². The normalized spacial score (nSPS) is 10.2. The first-order valence-corrected chi connectivity index (χ1v) is 7.99. The Labute approximate surface area is 119 Å². The molecule has 0 amide bonds. The SMILES string of the molecule is CCCCCCCCCCCCCCCC(=O)O.O. The van der Waals surface area contributed by atoms with E-state index in [-0.39, 0.29) is 5.48 Å². The summed E-state index contributed by atoms with van der Waals surface area (Å²) in [7, 11) is 0. The van der Waals surface area contributed by atoms with Crippen molar-refractivity contribution in [2.45, 2.75) is 96.8 Å². The van der Waals surface area contributed by atoms with E-state index in [1.54, 1.807) is 0 Å². The van der Waals surface area contributed by atoms with Crippen LogP contribution in [0.3, 0.4) is 0 Å². The van der Waals surface area contributed by atoms with Crippen LogP contribution in [0.5, 0.6) is 0 Å². The number of hydrogen-bond acceptors (Lipinski definition) is 1. The Kier molecular flexibility index (Phi) is 19.0. The number of carbonyl (C=O) groups is 1. The summed E-state index contributed by atoms with van der Waals surface area (Å²) in [4.78, 5) is 10.3. The monoisotopic (exact) mass is 274 g/mol. The second-order valence-corrected chi connectivity index (χ2v) is 5.39. The highest BCUT2D eigenvalue weighted by atomic mass is 16.4. The van der Waals surface area contributed by atoms with Crippen LogP contribution in [0, 0.1) is 0 Å².